The molecule has 0 aliphatic heterocycles. The van der Waals surface area contributed by atoms with Crippen LogP contribution < -0.4 is 19.5 Å². The topological polar surface area (TPSA) is 99.9 Å². The van der Waals surface area contributed by atoms with Crippen molar-refractivity contribution in [2.45, 2.75) is 58.1 Å². The van der Waals surface area contributed by atoms with Crippen LogP contribution in [0.4, 0.5) is 0 Å². The molecular formula is C23H29N5O4. The Balaban J connectivity index is 1.35. The van der Waals surface area contributed by atoms with E-state index in [4.69, 9.17) is 14.2 Å². The first-order valence-electron chi connectivity index (χ1n) is 10.9. The highest BCUT2D eigenvalue weighted by molar-refractivity contribution is 5.76. The minimum atomic E-state index is -0.0105. The van der Waals surface area contributed by atoms with E-state index in [1.165, 1.54) is 5.56 Å². The molecule has 1 N–H and O–H groups in total. The van der Waals surface area contributed by atoms with Crippen LogP contribution in [0, 0.1) is 0 Å². The summed E-state index contributed by atoms with van der Waals surface area (Å²) in [7, 11) is 3.25. The van der Waals surface area contributed by atoms with Gasteiger partial charge in [-0.25, -0.2) is 0 Å². The van der Waals surface area contributed by atoms with Crippen molar-refractivity contribution in [2.75, 3.05) is 14.2 Å². The van der Waals surface area contributed by atoms with Crippen LogP contribution in [-0.4, -0.2) is 46.0 Å². The largest absolute Gasteiger partial charge is 0.493 e. The Morgan fingerprint density at radius 1 is 1.19 bits per heavy atom. The van der Waals surface area contributed by atoms with Crippen LogP contribution in [0.5, 0.6) is 17.4 Å². The average molecular weight is 440 g/mol. The van der Waals surface area contributed by atoms with Gasteiger partial charge in [0.15, 0.2) is 23.0 Å². The van der Waals surface area contributed by atoms with Crippen molar-refractivity contribution in [3.05, 3.63) is 41.2 Å². The summed E-state index contributed by atoms with van der Waals surface area (Å²) in [5.74, 6) is 2.65. The summed E-state index contributed by atoms with van der Waals surface area (Å²) in [6, 6.07) is 7.57. The number of methoxy groups -OCH3 is 2. The lowest BCUT2D eigenvalue weighted by Crippen LogP contribution is -2.27. The number of ether oxygens (including phenoxy) is 3. The second kappa shape index (κ2) is 9.42. The monoisotopic (exact) mass is 439 g/mol. The molecule has 0 unspecified atom stereocenters. The third-order valence-corrected chi connectivity index (χ3v) is 5.52. The van der Waals surface area contributed by atoms with E-state index in [0.717, 1.165) is 18.4 Å². The average Bonchev–Trinajstić information content (AvgIpc) is 3.35. The molecule has 0 bridgehead atoms. The van der Waals surface area contributed by atoms with E-state index in [1.807, 2.05) is 32.0 Å². The number of nitrogens with one attached hydrogen (secondary N) is 1. The van der Waals surface area contributed by atoms with Crippen molar-refractivity contribution in [3.8, 4) is 17.4 Å². The van der Waals surface area contributed by atoms with Gasteiger partial charge in [0, 0.05) is 18.9 Å². The first kappa shape index (κ1) is 21.9. The highest BCUT2D eigenvalue weighted by Crippen LogP contribution is 2.39. The van der Waals surface area contributed by atoms with Gasteiger partial charge in [-0.3, -0.25) is 4.79 Å². The molecule has 2 aromatic heterocycles. The molecule has 1 aromatic carbocycles. The predicted molar refractivity (Wildman–Crippen MR) is 118 cm³/mol. The summed E-state index contributed by atoms with van der Waals surface area (Å²) in [6.07, 6.45) is 3.45. The molecule has 1 amide bonds. The van der Waals surface area contributed by atoms with Gasteiger partial charge in [-0.2, -0.15) is 4.52 Å². The number of carbonyl (C=O) groups is 1. The zero-order valence-electron chi connectivity index (χ0n) is 18.9. The second-order valence-electron chi connectivity index (χ2n) is 8.14. The molecule has 3 aromatic rings. The summed E-state index contributed by atoms with van der Waals surface area (Å²) in [4.78, 5) is 12.6. The zero-order chi connectivity index (χ0) is 22.7. The zero-order valence-corrected chi connectivity index (χ0v) is 18.9. The molecule has 170 valence electrons. The van der Waals surface area contributed by atoms with Crippen LogP contribution in [0.1, 0.15) is 56.1 Å². The van der Waals surface area contributed by atoms with Gasteiger partial charge in [0.2, 0.25) is 11.8 Å². The molecule has 0 saturated heterocycles. The number of rotatable bonds is 9. The fourth-order valence-electron chi connectivity index (χ4n) is 4.03. The van der Waals surface area contributed by atoms with Crippen LogP contribution in [0.3, 0.4) is 0 Å². The first-order valence-corrected chi connectivity index (χ1v) is 10.9. The Morgan fingerprint density at radius 3 is 2.72 bits per heavy atom. The maximum Gasteiger partial charge on any atom is 0.232 e. The third kappa shape index (κ3) is 4.61. The number of benzene rings is 1. The first-order chi connectivity index (χ1) is 15.5. The maximum absolute atomic E-state index is 12.6. The Kier molecular flexibility index (Phi) is 6.43. The van der Waals surface area contributed by atoms with E-state index >= 15 is 0 Å². The number of amides is 1. The fourth-order valence-corrected chi connectivity index (χ4v) is 4.03. The summed E-state index contributed by atoms with van der Waals surface area (Å²) >= 11 is 0. The van der Waals surface area contributed by atoms with E-state index in [-0.39, 0.29) is 18.1 Å². The van der Waals surface area contributed by atoms with Gasteiger partial charge in [-0.15, -0.1) is 15.3 Å². The van der Waals surface area contributed by atoms with Crippen LogP contribution in [0.2, 0.25) is 0 Å². The van der Waals surface area contributed by atoms with Gasteiger partial charge in [-0.1, -0.05) is 0 Å². The van der Waals surface area contributed by atoms with Gasteiger partial charge in [0.05, 0.1) is 26.4 Å². The highest BCUT2D eigenvalue weighted by Gasteiger charge is 2.26. The van der Waals surface area contributed by atoms with Gasteiger partial charge in [0.25, 0.3) is 0 Å². The molecule has 0 radical (unpaired) electrons. The Bertz CT molecular complexity index is 1110. The molecule has 4 rings (SSSR count). The van der Waals surface area contributed by atoms with Gasteiger partial charge in [0.1, 0.15) is 0 Å². The predicted octanol–water partition coefficient (Wildman–Crippen LogP) is 3.06. The number of carbonyl (C=O) groups excluding carboxylic acids is 1. The molecule has 32 heavy (non-hydrogen) atoms. The van der Waals surface area contributed by atoms with E-state index in [1.54, 1.807) is 24.8 Å². The highest BCUT2D eigenvalue weighted by atomic mass is 16.5. The SMILES string of the molecule is COc1cc2c(cc1OC)[C@H](NC(=O)CCCc1nnc3ccc(OC(C)C)nn13)CC2. The summed E-state index contributed by atoms with van der Waals surface area (Å²) in [6.45, 7) is 3.90. The van der Waals surface area contributed by atoms with Crippen LogP contribution in [0.25, 0.3) is 5.65 Å². The van der Waals surface area contributed by atoms with Crippen molar-refractivity contribution in [3.63, 3.8) is 0 Å². The van der Waals surface area contributed by atoms with E-state index < -0.39 is 0 Å². The van der Waals surface area contributed by atoms with Crippen molar-refractivity contribution < 1.29 is 19.0 Å². The Morgan fingerprint density at radius 2 is 1.97 bits per heavy atom. The van der Waals surface area contributed by atoms with Crippen LogP contribution in [-0.2, 0) is 17.6 Å². The van der Waals surface area contributed by atoms with Gasteiger partial charge >= 0.3 is 0 Å². The normalized spacial score (nSPS) is 15.1. The number of nitrogens with zero attached hydrogens (tertiary/aromatic N) is 4. The minimum absolute atomic E-state index is 0.0105. The molecule has 1 aliphatic rings. The second-order valence-corrected chi connectivity index (χ2v) is 8.14. The number of aryl methyl sites for hydroxylation is 2. The van der Waals surface area contributed by atoms with E-state index in [0.29, 0.717) is 48.1 Å². The molecule has 1 atom stereocenters. The lowest BCUT2D eigenvalue weighted by molar-refractivity contribution is -0.121. The summed E-state index contributed by atoms with van der Waals surface area (Å²) < 4.78 is 18.1. The smallest absolute Gasteiger partial charge is 0.232 e. The minimum Gasteiger partial charge on any atom is -0.493 e. The van der Waals surface area contributed by atoms with Crippen molar-refractivity contribution in [2.24, 2.45) is 0 Å². The van der Waals surface area contributed by atoms with Gasteiger partial charge < -0.3 is 19.5 Å². The molecule has 0 fully saturated rings. The summed E-state index contributed by atoms with van der Waals surface area (Å²) in [5, 5.41) is 16.0. The standard InChI is InChI=1S/C23H29N5O4/c1-14(2)32-23-11-10-21-26-25-20(28(21)27-23)6-5-7-22(29)24-17-9-8-15-12-18(30-3)19(31-4)13-16(15)17/h10-14,17H,5-9H2,1-4H3,(H,24,29)/t17-/m1/s1. The van der Waals surface area contributed by atoms with Crippen molar-refractivity contribution in [1.82, 2.24) is 25.1 Å². The summed E-state index contributed by atoms with van der Waals surface area (Å²) in [5.41, 5.74) is 2.95. The van der Waals surface area contributed by atoms with Crippen LogP contribution >= 0.6 is 0 Å². The van der Waals surface area contributed by atoms with Gasteiger partial charge in [-0.05, 0) is 62.4 Å². The van der Waals surface area contributed by atoms with Crippen LogP contribution in [0.15, 0.2) is 24.3 Å². The molecular weight excluding hydrogens is 410 g/mol. The van der Waals surface area contributed by atoms with Crippen molar-refractivity contribution >= 4 is 11.6 Å². The quantitative estimate of drug-likeness (QED) is 0.547. The lowest BCUT2D eigenvalue weighted by atomic mass is 10.1. The molecule has 0 saturated carbocycles. The third-order valence-electron chi connectivity index (χ3n) is 5.52. The lowest BCUT2D eigenvalue weighted by Gasteiger charge is -2.16. The molecule has 9 nitrogen and oxygen atoms in total. The number of aromatic nitrogens is 4. The van der Waals surface area contributed by atoms with E-state index in [9.17, 15) is 4.79 Å². The Hall–Kier alpha value is -3.36. The number of fused-ring (bicyclic) bond motifs is 2. The van der Waals surface area contributed by atoms with Crippen molar-refractivity contribution in [1.29, 1.82) is 0 Å². The molecule has 9 heteroatoms. The van der Waals surface area contributed by atoms with E-state index in [2.05, 4.69) is 20.6 Å². The molecule has 1 aliphatic carbocycles. The maximum atomic E-state index is 12.6. The molecule has 0 spiro atoms. The molecule has 2 heterocycles. The number of hydrogen-bond acceptors (Lipinski definition) is 7. The number of hydrogen-bond donors (Lipinski definition) is 1. The fraction of sp³-hybridized carbons (Fsp3) is 0.478. The Labute approximate surface area is 187 Å².